The number of hydrogen-bond acceptors (Lipinski definition) is 4. The largest absolute Gasteiger partial charge is 0.239 e. The zero-order chi connectivity index (χ0) is 9.52. The second kappa shape index (κ2) is 5.20. The zero-order valence-corrected chi connectivity index (χ0v) is 7.19. The van der Waals surface area contributed by atoms with E-state index in [4.69, 9.17) is 0 Å². The van der Waals surface area contributed by atoms with Crippen LogP contribution < -0.4 is 0 Å². The van der Waals surface area contributed by atoms with Crippen molar-refractivity contribution in [2.24, 2.45) is 9.98 Å². The molecule has 0 N–H and O–H groups in total. The molecule has 0 radical (unpaired) electrons. The Hall–Kier alpha value is -1.50. The first kappa shape index (κ1) is 9.59. The summed E-state index contributed by atoms with van der Waals surface area (Å²) in [6.45, 7) is 0. The van der Waals surface area contributed by atoms with E-state index in [9.17, 15) is 9.59 Å². The van der Waals surface area contributed by atoms with Gasteiger partial charge in [0.05, 0.1) is 6.04 Å². The highest BCUT2D eigenvalue weighted by Gasteiger charge is 2.17. The Morgan fingerprint density at radius 2 is 2.15 bits per heavy atom. The predicted octanol–water partition coefficient (Wildman–Crippen LogP) is 1.48. The van der Waals surface area contributed by atoms with Gasteiger partial charge in [-0.1, -0.05) is 6.42 Å². The van der Waals surface area contributed by atoms with Crippen molar-refractivity contribution in [1.82, 2.24) is 0 Å². The van der Waals surface area contributed by atoms with E-state index in [1.54, 1.807) is 0 Å². The summed E-state index contributed by atoms with van der Waals surface area (Å²) in [4.78, 5) is 27.0. The van der Waals surface area contributed by atoms with Gasteiger partial charge in [-0.2, -0.15) is 9.98 Å². The molecule has 0 aromatic rings. The van der Waals surface area contributed by atoms with Crippen LogP contribution in [0.2, 0.25) is 0 Å². The highest BCUT2D eigenvalue weighted by Crippen LogP contribution is 2.25. The maximum Gasteiger partial charge on any atom is 0.239 e. The number of nitrogens with zero attached hydrogens (tertiary/aromatic N) is 2. The van der Waals surface area contributed by atoms with Gasteiger partial charge >= 0.3 is 0 Å². The average Bonchev–Trinajstić information content (AvgIpc) is 2.17. The summed E-state index contributed by atoms with van der Waals surface area (Å²) in [6, 6.07) is -0.122. The minimum absolute atomic E-state index is 0.122. The van der Waals surface area contributed by atoms with E-state index in [1.165, 1.54) is 18.4 Å². The fourth-order valence-corrected chi connectivity index (χ4v) is 1.49. The van der Waals surface area contributed by atoms with Crippen LogP contribution >= 0.6 is 0 Å². The van der Waals surface area contributed by atoms with Gasteiger partial charge in [0.25, 0.3) is 0 Å². The van der Waals surface area contributed by atoms with E-state index in [-0.39, 0.29) is 6.04 Å². The average molecular weight is 178 g/mol. The summed E-state index contributed by atoms with van der Waals surface area (Å²) in [5.74, 6) is 0. The molecule has 1 atom stereocenters. The Morgan fingerprint density at radius 3 is 2.85 bits per heavy atom. The van der Waals surface area contributed by atoms with Crippen LogP contribution in [0.1, 0.15) is 25.7 Å². The lowest BCUT2D eigenvalue weighted by Gasteiger charge is -2.19. The Morgan fingerprint density at radius 1 is 1.31 bits per heavy atom. The smallest absolute Gasteiger partial charge is 0.211 e. The maximum absolute atomic E-state index is 10.1. The van der Waals surface area contributed by atoms with Crippen LogP contribution in [0, 0.1) is 0 Å². The zero-order valence-electron chi connectivity index (χ0n) is 7.19. The molecular weight excluding hydrogens is 168 g/mol. The molecule has 68 valence electrons. The highest BCUT2D eigenvalue weighted by atomic mass is 16.1. The molecule has 13 heavy (non-hydrogen) atoms. The van der Waals surface area contributed by atoms with Crippen LogP contribution in [0.4, 0.5) is 0 Å². The second-order valence-corrected chi connectivity index (χ2v) is 2.91. The molecule has 0 aliphatic heterocycles. The van der Waals surface area contributed by atoms with Crippen LogP contribution in [-0.2, 0) is 9.59 Å². The molecule has 1 unspecified atom stereocenters. The number of aliphatic imine (C=N–C) groups is 2. The molecule has 0 saturated heterocycles. The van der Waals surface area contributed by atoms with Crippen molar-refractivity contribution in [3.05, 3.63) is 11.8 Å². The van der Waals surface area contributed by atoms with Crippen molar-refractivity contribution in [2.45, 2.75) is 31.7 Å². The summed E-state index contributed by atoms with van der Waals surface area (Å²) in [5, 5.41) is 0. The fourth-order valence-electron chi connectivity index (χ4n) is 1.49. The highest BCUT2D eigenvalue weighted by molar-refractivity contribution is 5.38. The Kier molecular flexibility index (Phi) is 3.83. The molecule has 0 heterocycles. The number of carbonyl (C=O) groups excluding carboxylic acids is 2. The molecule has 1 rings (SSSR count). The van der Waals surface area contributed by atoms with Crippen molar-refractivity contribution in [3.63, 3.8) is 0 Å². The number of rotatable bonds is 2. The van der Waals surface area contributed by atoms with Crippen LogP contribution in [0.15, 0.2) is 21.8 Å². The van der Waals surface area contributed by atoms with Crippen molar-refractivity contribution < 1.29 is 9.59 Å². The van der Waals surface area contributed by atoms with E-state index in [0.29, 0.717) is 0 Å². The summed E-state index contributed by atoms with van der Waals surface area (Å²) < 4.78 is 0. The summed E-state index contributed by atoms with van der Waals surface area (Å²) in [6.07, 6.45) is 8.23. The van der Waals surface area contributed by atoms with Gasteiger partial charge < -0.3 is 0 Å². The molecule has 4 heteroatoms. The molecular formula is C9H10N2O2. The standard InChI is InChI=1S/C9H10N2O2/c12-6-10-5-8-3-1-2-4-9(8)11-7-13/h5,9H,1-4H2. The van der Waals surface area contributed by atoms with Crippen LogP contribution in [0.5, 0.6) is 0 Å². The van der Waals surface area contributed by atoms with Crippen LogP contribution in [0.25, 0.3) is 0 Å². The minimum Gasteiger partial charge on any atom is -0.211 e. The van der Waals surface area contributed by atoms with Gasteiger partial charge in [0.15, 0.2) is 0 Å². The van der Waals surface area contributed by atoms with Gasteiger partial charge in [0.1, 0.15) is 0 Å². The van der Waals surface area contributed by atoms with Gasteiger partial charge in [-0.25, -0.2) is 9.59 Å². The quantitative estimate of drug-likeness (QED) is 0.475. The van der Waals surface area contributed by atoms with Crippen molar-refractivity contribution in [3.8, 4) is 0 Å². The van der Waals surface area contributed by atoms with E-state index in [2.05, 4.69) is 9.98 Å². The van der Waals surface area contributed by atoms with E-state index < -0.39 is 0 Å². The molecule has 1 aliphatic carbocycles. The summed E-state index contributed by atoms with van der Waals surface area (Å²) in [7, 11) is 0. The lowest BCUT2D eigenvalue weighted by molar-refractivity contribution is 0.521. The minimum atomic E-state index is -0.122. The Balaban J connectivity index is 2.77. The predicted molar refractivity (Wildman–Crippen MR) is 46.6 cm³/mol. The monoisotopic (exact) mass is 178 g/mol. The van der Waals surface area contributed by atoms with Crippen molar-refractivity contribution in [2.75, 3.05) is 0 Å². The molecule has 1 fully saturated rings. The molecule has 0 aromatic heterocycles. The summed E-state index contributed by atoms with van der Waals surface area (Å²) >= 11 is 0. The third-order valence-corrected chi connectivity index (χ3v) is 2.11. The first-order valence-corrected chi connectivity index (χ1v) is 4.21. The van der Waals surface area contributed by atoms with E-state index in [1.807, 2.05) is 0 Å². The first-order valence-electron chi connectivity index (χ1n) is 4.21. The molecule has 0 bridgehead atoms. The summed E-state index contributed by atoms with van der Waals surface area (Å²) in [5.41, 5.74) is 0.929. The molecule has 0 aromatic carbocycles. The molecule has 4 nitrogen and oxygen atoms in total. The Labute approximate surface area is 76.1 Å². The van der Waals surface area contributed by atoms with Crippen molar-refractivity contribution >= 4 is 12.2 Å². The van der Waals surface area contributed by atoms with E-state index >= 15 is 0 Å². The van der Waals surface area contributed by atoms with Crippen molar-refractivity contribution in [1.29, 1.82) is 0 Å². The lowest BCUT2D eigenvalue weighted by Crippen LogP contribution is -2.13. The van der Waals surface area contributed by atoms with Gasteiger partial charge in [-0.15, -0.1) is 0 Å². The van der Waals surface area contributed by atoms with Gasteiger partial charge in [0.2, 0.25) is 12.2 Å². The van der Waals surface area contributed by atoms with Gasteiger partial charge in [-0.05, 0) is 24.8 Å². The van der Waals surface area contributed by atoms with Gasteiger partial charge in [0, 0.05) is 6.20 Å². The van der Waals surface area contributed by atoms with E-state index in [0.717, 1.165) is 31.3 Å². The molecule has 0 spiro atoms. The van der Waals surface area contributed by atoms with Crippen LogP contribution in [-0.4, -0.2) is 18.2 Å². The molecule has 0 amide bonds. The van der Waals surface area contributed by atoms with Crippen LogP contribution in [0.3, 0.4) is 0 Å². The third-order valence-electron chi connectivity index (χ3n) is 2.11. The molecule has 1 aliphatic rings. The molecule has 1 saturated carbocycles. The maximum atomic E-state index is 10.1. The lowest BCUT2D eigenvalue weighted by atomic mass is 9.91. The first-order chi connectivity index (χ1) is 6.38. The second-order valence-electron chi connectivity index (χ2n) is 2.91. The van der Waals surface area contributed by atoms with Gasteiger partial charge in [-0.3, -0.25) is 0 Å². The SMILES string of the molecule is O=C=NC=C1CCCCC1N=C=O. The number of isocyanates is 2. The normalized spacial score (nSPS) is 24.6. The Bertz CT molecular complexity index is 297. The number of hydrogen-bond donors (Lipinski definition) is 0. The third kappa shape index (κ3) is 2.79. The topological polar surface area (TPSA) is 58.9 Å². The fraction of sp³-hybridized carbons (Fsp3) is 0.556.